The molecule has 2 aliphatic rings. The first-order valence-corrected chi connectivity index (χ1v) is 6.92. The number of nitrogens with zero attached hydrogens (tertiary/aromatic N) is 1. The van der Waals surface area contributed by atoms with Gasteiger partial charge in [-0.3, -0.25) is 14.5 Å². The van der Waals surface area contributed by atoms with Gasteiger partial charge in [0.2, 0.25) is 11.8 Å². The van der Waals surface area contributed by atoms with Gasteiger partial charge in [0.15, 0.2) is 0 Å². The SMILES string of the molecule is O=C1C2SCC(O)C2C(=O)N1Cc1ccccc1. The first kappa shape index (κ1) is 11.7. The number of likely N-dealkylation sites (tertiary alicyclic amines) is 1. The number of rotatable bonds is 2. The fourth-order valence-electron chi connectivity index (χ4n) is 2.49. The molecule has 1 aromatic rings. The maximum Gasteiger partial charge on any atom is 0.243 e. The van der Waals surface area contributed by atoms with Crippen molar-refractivity contribution in [3.05, 3.63) is 35.9 Å². The molecule has 2 aliphatic heterocycles. The van der Waals surface area contributed by atoms with Crippen molar-refractivity contribution in [3.8, 4) is 0 Å². The van der Waals surface area contributed by atoms with E-state index in [1.165, 1.54) is 16.7 Å². The summed E-state index contributed by atoms with van der Waals surface area (Å²) in [5.74, 6) is -0.445. The van der Waals surface area contributed by atoms with E-state index in [0.29, 0.717) is 12.3 Å². The van der Waals surface area contributed by atoms with Crippen molar-refractivity contribution < 1.29 is 14.7 Å². The first-order chi connectivity index (χ1) is 8.68. The highest BCUT2D eigenvalue weighted by atomic mass is 32.2. The van der Waals surface area contributed by atoms with Crippen LogP contribution in [-0.2, 0) is 16.1 Å². The van der Waals surface area contributed by atoms with E-state index in [0.717, 1.165) is 5.56 Å². The summed E-state index contributed by atoms with van der Waals surface area (Å²) >= 11 is 1.39. The van der Waals surface area contributed by atoms with E-state index < -0.39 is 12.0 Å². The van der Waals surface area contributed by atoms with Gasteiger partial charge >= 0.3 is 0 Å². The van der Waals surface area contributed by atoms with Gasteiger partial charge in [-0.15, -0.1) is 11.8 Å². The Labute approximate surface area is 109 Å². The zero-order valence-electron chi connectivity index (χ0n) is 9.65. The molecular formula is C13H13NO3S. The van der Waals surface area contributed by atoms with Gasteiger partial charge in [0.1, 0.15) is 0 Å². The maximum absolute atomic E-state index is 12.1. The Balaban J connectivity index is 1.82. The Morgan fingerprint density at radius 2 is 1.94 bits per heavy atom. The second-order valence-corrected chi connectivity index (χ2v) is 5.77. The molecular weight excluding hydrogens is 250 g/mol. The van der Waals surface area contributed by atoms with E-state index in [1.54, 1.807) is 0 Å². The molecule has 1 N–H and O–H groups in total. The maximum atomic E-state index is 12.1. The van der Waals surface area contributed by atoms with Gasteiger partial charge in [-0.1, -0.05) is 30.3 Å². The molecule has 0 aliphatic carbocycles. The molecule has 0 radical (unpaired) electrons. The summed E-state index contributed by atoms with van der Waals surface area (Å²) < 4.78 is 0. The van der Waals surface area contributed by atoms with Gasteiger partial charge in [0.05, 0.1) is 23.8 Å². The minimum Gasteiger partial charge on any atom is -0.391 e. The molecule has 0 aromatic heterocycles. The van der Waals surface area contributed by atoms with Gasteiger partial charge < -0.3 is 5.11 Å². The highest BCUT2D eigenvalue weighted by Crippen LogP contribution is 2.40. The van der Waals surface area contributed by atoms with E-state index >= 15 is 0 Å². The quantitative estimate of drug-likeness (QED) is 0.796. The minimum absolute atomic E-state index is 0.157. The monoisotopic (exact) mass is 263 g/mol. The van der Waals surface area contributed by atoms with Crippen LogP contribution in [0.3, 0.4) is 0 Å². The summed E-state index contributed by atoms with van der Waals surface area (Å²) in [6, 6.07) is 9.43. The number of thioether (sulfide) groups is 1. The van der Waals surface area contributed by atoms with Gasteiger partial charge in [0.25, 0.3) is 0 Å². The molecule has 1 aromatic carbocycles. The predicted octanol–water partition coefficient (Wildman–Crippen LogP) is 0.648. The average Bonchev–Trinajstić information content (AvgIpc) is 2.87. The second-order valence-electron chi connectivity index (χ2n) is 4.60. The Kier molecular flexibility index (Phi) is 2.87. The molecule has 2 fully saturated rings. The lowest BCUT2D eigenvalue weighted by molar-refractivity contribution is -0.140. The zero-order valence-corrected chi connectivity index (χ0v) is 10.5. The summed E-state index contributed by atoms with van der Waals surface area (Å²) in [7, 11) is 0. The standard InChI is InChI=1S/C13H13NO3S/c15-9-7-18-11-10(9)12(16)14(13(11)17)6-8-4-2-1-3-5-8/h1-5,9-11,15H,6-7H2. The molecule has 94 valence electrons. The van der Waals surface area contributed by atoms with Crippen LogP contribution in [0.2, 0.25) is 0 Å². The number of imide groups is 1. The van der Waals surface area contributed by atoms with Gasteiger partial charge in [-0.2, -0.15) is 0 Å². The number of carbonyl (C=O) groups is 2. The lowest BCUT2D eigenvalue weighted by Crippen LogP contribution is -2.33. The highest BCUT2D eigenvalue weighted by molar-refractivity contribution is 8.01. The second kappa shape index (κ2) is 4.40. The fraction of sp³-hybridized carbons (Fsp3) is 0.385. The Morgan fingerprint density at radius 1 is 1.22 bits per heavy atom. The molecule has 0 saturated carbocycles. The molecule has 2 heterocycles. The van der Waals surface area contributed by atoms with E-state index in [9.17, 15) is 14.7 Å². The first-order valence-electron chi connectivity index (χ1n) is 5.87. The third-order valence-corrected chi connectivity index (χ3v) is 4.82. The number of amides is 2. The summed E-state index contributed by atoms with van der Waals surface area (Å²) in [5, 5.41) is 9.37. The molecule has 18 heavy (non-hydrogen) atoms. The van der Waals surface area contributed by atoms with Crippen LogP contribution in [0.5, 0.6) is 0 Å². The molecule has 3 atom stereocenters. The number of fused-ring (bicyclic) bond motifs is 1. The van der Waals surface area contributed by atoms with Gasteiger partial charge in [-0.25, -0.2) is 0 Å². The van der Waals surface area contributed by atoms with E-state index in [-0.39, 0.29) is 17.1 Å². The smallest absolute Gasteiger partial charge is 0.243 e. The van der Waals surface area contributed by atoms with Crippen LogP contribution < -0.4 is 0 Å². The lowest BCUT2D eigenvalue weighted by Gasteiger charge is -2.16. The van der Waals surface area contributed by atoms with Crippen molar-refractivity contribution in [3.63, 3.8) is 0 Å². The number of aliphatic hydroxyl groups is 1. The molecule has 4 nitrogen and oxygen atoms in total. The van der Waals surface area contributed by atoms with Gasteiger partial charge in [-0.05, 0) is 5.56 Å². The van der Waals surface area contributed by atoms with Crippen LogP contribution in [0.15, 0.2) is 30.3 Å². The van der Waals surface area contributed by atoms with Gasteiger partial charge in [0, 0.05) is 5.75 Å². The van der Waals surface area contributed by atoms with Crippen molar-refractivity contribution in [1.82, 2.24) is 4.90 Å². The molecule has 2 saturated heterocycles. The normalized spacial score (nSPS) is 30.9. The molecule has 0 spiro atoms. The number of benzene rings is 1. The van der Waals surface area contributed by atoms with Crippen molar-refractivity contribution in [2.24, 2.45) is 5.92 Å². The van der Waals surface area contributed by atoms with Crippen LogP contribution in [0.25, 0.3) is 0 Å². The van der Waals surface area contributed by atoms with Crippen molar-refractivity contribution in [1.29, 1.82) is 0 Å². The average molecular weight is 263 g/mol. The topological polar surface area (TPSA) is 57.6 Å². The van der Waals surface area contributed by atoms with Crippen LogP contribution in [0, 0.1) is 5.92 Å². The van der Waals surface area contributed by atoms with Crippen LogP contribution >= 0.6 is 11.8 Å². The number of aliphatic hydroxyl groups excluding tert-OH is 1. The number of carbonyl (C=O) groups excluding carboxylic acids is 2. The molecule has 2 amide bonds. The third-order valence-electron chi connectivity index (χ3n) is 3.43. The van der Waals surface area contributed by atoms with E-state index in [2.05, 4.69) is 0 Å². The molecule has 0 bridgehead atoms. The van der Waals surface area contributed by atoms with E-state index in [4.69, 9.17) is 0 Å². The Morgan fingerprint density at radius 3 is 2.61 bits per heavy atom. The Bertz CT molecular complexity index is 490. The fourth-order valence-corrected chi connectivity index (χ4v) is 3.88. The minimum atomic E-state index is -0.683. The largest absolute Gasteiger partial charge is 0.391 e. The summed E-state index contributed by atoms with van der Waals surface area (Å²) in [6.45, 7) is 0.304. The Hall–Kier alpha value is -1.33. The summed E-state index contributed by atoms with van der Waals surface area (Å²) in [4.78, 5) is 25.5. The van der Waals surface area contributed by atoms with Crippen LogP contribution in [-0.4, -0.2) is 38.9 Å². The van der Waals surface area contributed by atoms with Crippen molar-refractivity contribution in [2.45, 2.75) is 17.9 Å². The van der Waals surface area contributed by atoms with E-state index in [1.807, 2.05) is 30.3 Å². The third kappa shape index (κ3) is 1.74. The van der Waals surface area contributed by atoms with Crippen molar-refractivity contribution >= 4 is 23.6 Å². The molecule has 3 rings (SSSR count). The number of hydrogen-bond acceptors (Lipinski definition) is 4. The van der Waals surface area contributed by atoms with Crippen LogP contribution in [0.1, 0.15) is 5.56 Å². The molecule has 5 heteroatoms. The summed E-state index contributed by atoms with van der Waals surface area (Å²) in [5.41, 5.74) is 0.929. The summed E-state index contributed by atoms with van der Waals surface area (Å²) in [6.07, 6.45) is -0.683. The van der Waals surface area contributed by atoms with Crippen molar-refractivity contribution in [2.75, 3.05) is 5.75 Å². The highest BCUT2D eigenvalue weighted by Gasteiger charge is 2.54. The molecule has 3 unspecified atom stereocenters. The number of hydrogen-bond donors (Lipinski definition) is 1. The zero-order chi connectivity index (χ0) is 12.7. The predicted molar refractivity (Wildman–Crippen MR) is 67.7 cm³/mol. The lowest BCUT2D eigenvalue weighted by atomic mass is 10.0. The van der Waals surface area contributed by atoms with Crippen LogP contribution in [0.4, 0.5) is 0 Å².